The Bertz CT molecular complexity index is 882. The van der Waals surface area contributed by atoms with Gasteiger partial charge in [0.1, 0.15) is 5.60 Å². The van der Waals surface area contributed by atoms with Gasteiger partial charge in [-0.2, -0.15) is 0 Å². The summed E-state index contributed by atoms with van der Waals surface area (Å²) < 4.78 is 6.60. The van der Waals surface area contributed by atoms with Crippen molar-refractivity contribution in [2.24, 2.45) is 0 Å². The summed E-state index contributed by atoms with van der Waals surface area (Å²) in [6.45, 7) is 12.0. The molecule has 0 saturated carbocycles. The number of hydrogen-bond donors (Lipinski definition) is 3. The molecule has 0 amide bonds. The van der Waals surface area contributed by atoms with Crippen molar-refractivity contribution < 1.29 is 19.7 Å². The third-order valence-corrected chi connectivity index (χ3v) is 11.5. The molecule has 4 nitrogen and oxygen atoms in total. The minimum atomic E-state index is -2.32. The summed E-state index contributed by atoms with van der Waals surface area (Å²) in [6.07, 6.45) is -3.28. The summed E-state index contributed by atoms with van der Waals surface area (Å²) in [6, 6.07) is 14.0. The van der Waals surface area contributed by atoms with Crippen LogP contribution in [-0.2, 0) is 10.0 Å². The van der Waals surface area contributed by atoms with Crippen LogP contribution in [0.1, 0.15) is 51.3 Å². The smallest absolute Gasteiger partial charge is 0.193 e. The molecule has 0 aliphatic carbocycles. The first-order valence-corrected chi connectivity index (χ1v) is 14.1. The molecule has 2 aromatic carbocycles. The van der Waals surface area contributed by atoms with Crippen LogP contribution in [0.4, 0.5) is 0 Å². The molecule has 2 aromatic rings. The summed E-state index contributed by atoms with van der Waals surface area (Å²) in [5.41, 5.74) is -0.766. The highest BCUT2D eigenvalue weighted by Gasteiger charge is 2.45. The largest absolute Gasteiger partial charge is 0.407 e. The Morgan fingerprint density at radius 3 is 1.94 bits per heavy atom. The van der Waals surface area contributed by atoms with Crippen LogP contribution in [0, 0.1) is 0 Å². The second-order valence-electron chi connectivity index (χ2n) is 9.67. The van der Waals surface area contributed by atoms with E-state index in [1.807, 2.05) is 18.2 Å². The van der Waals surface area contributed by atoms with Crippen LogP contribution in [0.5, 0.6) is 0 Å². The highest BCUT2D eigenvalue weighted by atomic mass is 35.5. The van der Waals surface area contributed by atoms with Crippen molar-refractivity contribution in [3.05, 3.63) is 69.7 Å². The van der Waals surface area contributed by atoms with Crippen molar-refractivity contribution in [1.82, 2.24) is 0 Å². The standard InChI is InChI=1S/C24H34Cl2O4Si/c1-16(27)24(29,18-12-8-10-14-20(18)26)15-21(28)22(17-11-7-9-13-19(17)25)30-31(5,6)23(2,3)4/h7-14,16,21-22,27-29H,15H2,1-6H3/t16-,21+,22+,24+/m1/s1. The topological polar surface area (TPSA) is 69.9 Å². The van der Waals surface area contributed by atoms with Crippen LogP contribution < -0.4 is 0 Å². The van der Waals surface area contributed by atoms with Crippen LogP contribution in [0.15, 0.2) is 48.5 Å². The molecule has 0 fully saturated rings. The quantitative estimate of drug-likeness (QED) is 0.397. The molecule has 2 rings (SSSR count). The van der Waals surface area contributed by atoms with Gasteiger partial charge in [-0.15, -0.1) is 0 Å². The Kier molecular flexibility index (Phi) is 8.42. The fourth-order valence-electron chi connectivity index (χ4n) is 3.29. The molecule has 0 aromatic heterocycles. The molecular formula is C24H34Cl2O4Si. The molecule has 0 aliphatic heterocycles. The lowest BCUT2D eigenvalue weighted by Gasteiger charge is -2.42. The molecular weight excluding hydrogens is 451 g/mol. The minimum Gasteiger partial charge on any atom is -0.407 e. The van der Waals surface area contributed by atoms with E-state index in [4.69, 9.17) is 27.6 Å². The minimum absolute atomic E-state index is 0.102. The summed E-state index contributed by atoms with van der Waals surface area (Å²) in [5.74, 6) is 0. The normalized spacial score (nSPS) is 17.6. The molecule has 0 radical (unpaired) electrons. The first-order valence-electron chi connectivity index (χ1n) is 10.5. The van der Waals surface area contributed by atoms with E-state index in [0.29, 0.717) is 21.2 Å². The van der Waals surface area contributed by atoms with Gasteiger partial charge in [0.15, 0.2) is 8.32 Å². The van der Waals surface area contributed by atoms with Gasteiger partial charge in [-0.3, -0.25) is 0 Å². The van der Waals surface area contributed by atoms with Crippen molar-refractivity contribution in [3.63, 3.8) is 0 Å². The SMILES string of the molecule is C[C@@H](O)[C@@](O)(C[C@H](O)[C@@H](O[Si](C)(C)C(C)(C)C)c1ccccc1Cl)c1ccccc1Cl. The van der Waals surface area contributed by atoms with Gasteiger partial charge >= 0.3 is 0 Å². The van der Waals surface area contributed by atoms with E-state index < -0.39 is 32.2 Å². The van der Waals surface area contributed by atoms with Crippen LogP contribution in [0.25, 0.3) is 0 Å². The molecule has 0 unspecified atom stereocenters. The number of aliphatic hydroxyl groups is 3. The Hall–Kier alpha value is -0.923. The van der Waals surface area contributed by atoms with Gasteiger partial charge in [-0.25, -0.2) is 0 Å². The van der Waals surface area contributed by atoms with Crippen LogP contribution >= 0.6 is 23.2 Å². The first kappa shape index (κ1) is 26.3. The lowest BCUT2D eigenvalue weighted by Crippen LogP contribution is -2.47. The van der Waals surface area contributed by atoms with Crippen LogP contribution in [0.2, 0.25) is 28.2 Å². The molecule has 31 heavy (non-hydrogen) atoms. The van der Waals surface area contributed by atoms with E-state index in [1.54, 1.807) is 30.3 Å². The molecule has 3 N–H and O–H groups in total. The first-order chi connectivity index (χ1) is 14.2. The average Bonchev–Trinajstić information content (AvgIpc) is 2.66. The zero-order valence-corrected chi connectivity index (χ0v) is 21.6. The zero-order valence-electron chi connectivity index (χ0n) is 19.1. The third kappa shape index (κ3) is 5.91. The van der Waals surface area contributed by atoms with Gasteiger partial charge in [0.25, 0.3) is 0 Å². The predicted molar refractivity (Wildman–Crippen MR) is 130 cm³/mol. The molecule has 0 heterocycles. The summed E-state index contributed by atoms with van der Waals surface area (Å²) in [7, 11) is -2.32. The number of rotatable bonds is 8. The van der Waals surface area contributed by atoms with Crippen LogP contribution in [0.3, 0.4) is 0 Å². The Morgan fingerprint density at radius 1 is 0.935 bits per heavy atom. The van der Waals surface area contributed by atoms with Gasteiger partial charge in [-0.05, 0) is 37.2 Å². The lowest BCUT2D eigenvalue weighted by atomic mass is 9.82. The van der Waals surface area contributed by atoms with Crippen molar-refractivity contribution in [2.75, 3.05) is 0 Å². The van der Waals surface area contributed by atoms with Gasteiger partial charge < -0.3 is 19.7 Å². The zero-order chi connectivity index (χ0) is 23.6. The number of halogens is 2. The van der Waals surface area contributed by atoms with Crippen LogP contribution in [-0.4, -0.2) is 35.8 Å². The summed E-state index contributed by atoms with van der Waals surface area (Å²) in [4.78, 5) is 0. The van der Waals surface area contributed by atoms with Crippen molar-refractivity contribution >= 4 is 31.5 Å². The molecule has 0 aliphatic rings. The molecule has 7 heteroatoms. The van der Waals surface area contributed by atoms with Crippen molar-refractivity contribution in [3.8, 4) is 0 Å². The van der Waals surface area contributed by atoms with Crippen molar-refractivity contribution in [2.45, 2.75) is 76.2 Å². The fraction of sp³-hybridized carbons (Fsp3) is 0.500. The number of aliphatic hydroxyl groups excluding tert-OH is 2. The molecule has 4 atom stereocenters. The Labute approximate surface area is 196 Å². The maximum Gasteiger partial charge on any atom is 0.193 e. The second kappa shape index (κ2) is 9.92. The average molecular weight is 486 g/mol. The van der Waals surface area contributed by atoms with E-state index in [1.165, 1.54) is 6.92 Å². The third-order valence-electron chi connectivity index (χ3n) is 6.34. The fourth-order valence-corrected chi connectivity index (χ4v) is 5.11. The van der Waals surface area contributed by atoms with E-state index in [9.17, 15) is 15.3 Å². The second-order valence-corrected chi connectivity index (χ2v) is 15.2. The lowest BCUT2D eigenvalue weighted by molar-refractivity contribution is -0.114. The predicted octanol–water partition coefficient (Wildman–Crippen LogP) is 6.08. The molecule has 0 bridgehead atoms. The van der Waals surface area contributed by atoms with Gasteiger partial charge in [-0.1, -0.05) is 80.4 Å². The number of benzene rings is 2. The summed E-state index contributed by atoms with van der Waals surface area (Å²) >= 11 is 12.8. The molecule has 172 valence electrons. The highest BCUT2D eigenvalue weighted by molar-refractivity contribution is 6.74. The van der Waals surface area contributed by atoms with E-state index in [2.05, 4.69) is 33.9 Å². The van der Waals surface area contributed by atoms with E-state index in [-0.39, 0.29) is 11.5 Å². The highest BCUT2D eigenvalue weighted by Crippen LogP contribution is 2.44. The van der Waals surface area contributed by atoms with E-state index >= 15 is 0 Å². The van der Waals surface area contributed by atoms with Gasteiger partial charge in [0, 0.05) is 27.6 Å². The maximum atomic E-state index is 11.5. The maximum absolute atomic E-state index is 11.5. The molecule has 0 spiro atoms. The van der Waals surface area contributed by atoms with Crippen molar-refractivity contribution in [1.29, 1.82) is 0 Å². The monoisotopic (exact) mass is 484 g/mol. The Morgan fingerprint density at radius 2 is 1.45 bits per heavy atom. The molecule has 0 saturated heterocycles. The van der Waals surface area contributed by atoms with Gasteiger partial charge in [0.05, 0.1) is 18.3 Å². The Balaban J connectivity index is 2.50. The number of hydrogen-bond acceptors (Lipinski definition) is 4. The van der Waals surface area contributed by atoms with Gasteiger partial charge in [0.2, 0.25) is 0 Å². The van der Waals surface area contributed by atoms with E-state index in [0.717, 1.165) is 0 Å². The summed E-state index contributed by atoms with van der Waals surface area (Å²) in [5, 5.41) is 34.0.